The average Bonchev–Trinajstić information content (AvgIpc) is 2.51. The largest absolute Gasteiger partial charge is 0.331 e. The summed E-state index contributed by atoms with van der Waals surface area (Å²) in [5, 5.41) is 3.45. The molecule has 3 nitrogen and oxygen atoms in total. The quantitative estimate of drug-likeness (QED) is 0.705. The molecule has 2 rings (SSSR count). The van der Waals surface area contributed by atoms with Crippen molar-refractivity contribution in [1.29, 1.82) is 0 Å². The number of piperidine rings is 1. The Balaban J connectivity index is 2.12. The van der Waals surface area contributed by atoms with Crippen LogP contribution in [0.4, 0.5) is 0 Å². The zero-order valence-corrected chi connectivity index (χ0v) is 8.33. The summed E-state index contributed by atoms with van der Waals surface area (Å²) < 4.78 is 2.28. The number of nitrogens with one attached hydrogen (secondary N) is 1. The molecular formula is C10H17N3. The van der Waals surface area contributed by atoms with E-state index in [0.29, 0.717) is 6.04 Å². The lowest BCUT2D eigenvalue weighted by Crippen LogP contribution is -2.36. The molecular weight excluding hydrogens is 162 g/mol. The Kier molecular flexibility index (Phi) is 2.36. The Labute approximate surface area is 79.2 Å². The van der Waals surface area contributed by atoms with E-state index >= 15 is 0 Å². The number of aryl methyl sites for hydroxylation is 1. The van der Waals surface area contributed by atoms with Crippen LogP contribution in [0.25, 0.3) is 0 Å². The summed E-state index contributed by atoms with van der Waals surface area (Å²) >= 11 is 0. The maximum Gasteiger partial charge on any atom is 0.105 e. The third kappa shape index (κ3) is 1.75. The summed E-state index contributed by atoms with van der Waals surface area (Å²) in [6.45, 7) is 6.61. The monoisotopic (exact) mass is 179 g/mol. The Bertz CT molecular complexity index is 279. The first-order valence-corrected chi connectivity index (χ1v) is 4.97. The highest BCUT2D eigenvalue weighted by Gasteiger charge is 2.20. The normalized spacial score (nSPS) is 29.1. The molecule has 2 heterocycles. The van der Waals surface area contributed by atoms with Crippen molar-refractivity contribution in [3.8, 4) is 0 Å². The van der Waals surface area contributed by atoms with Crippen LogP contribution in [0.1, 0.15) is 25.2 Å². The summed E-state index contributed by atoms with van der Waals surface area (Å²) in [6, 6.07) is 0.603. The summed E-state index contributed by atoms with van der Waals surface area (Å²) in [7, 11) is 0. The predicted molar refractivity (Wildman–Crippen MR) is 52.7 cm³/mol. The number of imidazole rings is 1. The SMILES string of the molecule is Cc1nccn1C1CNCC(C)C1. The maximum atomic E-state index is 4.25. The van der Waals surface area contributed by atoms with Gasteiger partial charge >= 0.3 is 0 Å². The Morgan fingerprint density at radius 3 is 3.00 bits per heavy atom. The average molecular weight is 179 g/mol. The van der Waals surface area contributed by atoms with Gasteiger partial charge in [-0.25, -0.2) is 4.98 Å². The van der Waals surface area contributed by atoms with Gasteiger partial charge in [0.15, 0.2) is 0 Å². The molecule has 0 amide bonds. The van der Waals surface area contributed by atoms with Crippen molar-refractivity contribution < 1.29 is 0 Å². The molecule has 1 saturated heterocycles. The van der Waals surface area contributed by atoms with Crippen LogP contribution in [0.5, 0.6) is 0 Å². The van der Waals surface area contributed by atoms with E-state index < -0.39 is 0 Å². The van der Waals surface area contributed by atoms with Crippen LogP contribution in [-0.4, -0.2) is 22.6 Å². The van der Waals surface area contributed by atoms with Gasteiger partial charge < -0.3 is 9.88 Å². The predicted octanol–water partition coefficient (Wildman–Crippen LogP) is 1.36. The van der Waals surface area contributed by atoms with Gasteiger partial charge in [0.2, 0.25) is 0 Å². The van der Waals surface area contributed by atoms with Gasteiger partial charge in [0.1, 0.15) is 5.82 Å². The van der Waals surface area contributed by atoms with E-state index in [1.54, 1.807) is 0 Å². The minimum absolute atomic E-state index is 0.603. The van der Waals surface area contributed by atoms with Gasteiger partial charge in [-0.2, -0.15) is 0 Å². The molecule has 1 aliphatic rings. The fourth-order valence-corrected chi connectivity index (χ4v) is 2.11. The zero-order valence-electron chi connectivity index (χ0n) is 8.33. The lowest BCUT2D eigenvalue weighted by Gasteiger charge is -2.29. The van der Waals surface area contributed by atoms with Crippen LogP contribution in [0.3, 0.4) is 0 Å². The number of rotatable bonds is 1. The van der Waals surface area contributed by atoms with Crippen molar-refractivity contribution in [2.75, 3.05) is 13.1 Å². The van der Waals surface area contributed by atoms with Crippen molar-refractivity contribution in [1.82, 2.24) is 14.9 Å². The molecule has 72 valence electrons. The molecule has 0 radical (unpaired) electrons. The second-order valence-corrected chi connectivity index (χ2v) is 4.03. The van der Waals surface area contributed by atoms with Gasteiger partial charge in [-0.05, 0) is 25.8 Å². The number of hydrogen-bond acceptors (Lipinski definition) is 2. The standard InChI is InChI=1S/C10H17N3/c1-8-5-10(7-11-6-8)13-4-3-12-9(13)2/h3-4,8,10-11H,5-7H2,1-2H3. The highest BCUT2D eigenvalue weighted by Crippen LogP contribution is 2.21. The number of aromatic nitrogens is 2. The molecule has 0 bridgehead atoms. The molecule has 0 spiro atoms. The fourth-order valence-electron chi connectivity index (χ4n) is 2.11. The van der Waals surface area contributed by atoms with Crippen LogP contribution in [-0.2, 0) is 0 Å². The second-order valence-electron chi connectivity index (χ2n) is 4.03. The topological polar surface area (TPSA) is 29.9 Å². The fraction of sp³-hybridized carbons (Fsp3) is 0.700. The zero-order chi connectivity index (χ0) is 9.26. The highest BCUT2D eigenvalue weighted by atomic mass is 15.1. The first-order chi connectivity index (χ1) is 6.27. The maximum absolute atomic E-state index is 4.25. The van der Waals surface area contributed by atoms with Crippen molar-refractivity contribution in [2.45, 2.75) is 26.3 Å². The molecule has 1 fully saturated rings. The van der Waals surface area contributed by atoms with Gasteiger partial charge in [-0.15, -0.1) is 0 Å². The van der Waals surface area contributed by atoms with E-state index in [2.05, 4.69) is 34.9 Å². The summed E-state index contributed by atoms with van der Waals surface area (Å²) in [5.41, 5.74) is 0. The molecule has 1 N–H and O–H groups in total. The molecule has 2 unspecified atom stereocenters. The van der Waals surface area contributed by atoms with Crippen LogP contribution < -0.4 is 5.32 Å². The lowest BCUT2D eigenvalue weighted by molar-refractivity contribution is 0.298. The molecule has 0 aromatic carbocycles. The molecule has 13 heavy (non-hydrogen) atoms. The molecule has 3 heteroatoms. The minimum Gasteiger partial charge on any atom is -0.331 e. The highest BCUT2D eigenvalue weighted by molar-refractivity contribution is 4.94. The Hall–Kier alpha value is -0.830. The number of hydrogen-bond donors (Lipinski definition) is 1. The molecule has 0 aliphatic carbocycles. The van der Waals surface area contributed by atoms with E-state index in [4.69, 9.17) is 0 Å². The van der Waals surface area contributed by atoms with Crippen LogP contribution in [0.2, 0.25) is 0 Å². The van der Waals surface area contributed by atoms with Crippen LogP contribution in [0, 0.1) is 12.8 Å². The molecule has 1 aromatic rings. The van der Waals surface area contributed by atoms with Gasteiger partial charge in [-0.1, -0.05) is 6.92 Å². The van der Waals surface area contributed by atoms with E-state index in [1.807, 2.05) is 6.20 Å². The molecule has 1 aliphatic heterocycles. The summed E-state index contributed by atoms with van der Waals surface area (Å²) in [6.07, 6.45) is 5.23. The van der Waals surface area contributed by atoms with Gasteiger partial charge in [0, 0.05) is 25.0 Å². The smallest absolute Gasteiger partial charge is 0.105 e. The third-order valence-electron chi connectivity index (χ3n) is 2.80. The Morgan fingerprint density at radius 1 is 1.54 bits per heavy atom. The lowest BCUT2D eigenvalue weighted by atomic mass is 9.97. The molecule has 2 atom stereocenters. The van der Waals surface area contributed by atoms with Crippen LogP contribution in [0.15, 0.2) is 12.4 Å². The summed E-state index contributed by atoms with van der Waals surface area (Å²) in [4.78, 5) is 4.25. The van der Waals surface area contributed by atoms with Crippen LogP contribution >= 0.6 is 0 Å². The summed E-state index contributed by atoms with van der Waals surface area (Å²) in [5.74, 6) is 1.90. The van der Waals surface area contributed by atoms with Gasteiger partial charge in [-0.3, -0.25) is 0 Å². The van der Waals surface area contributed by atoms with Gasteiger partial charge in [0.05, 0.1) is 0 Å². The van der Waals surface area contributed by atoms with E-state index in [9.17, 15) is 0 Å². The van der Waals surface area contributed by atoms with Crippen molar-refractivity contribution in [3.63, 3.8) is 0 Å². The molecule has 0 saturated carbocycles. The van der Waals surface area contributed by atoms with Crippen molar-refractivity contribution in [2.24, 2.45) is 5.92 Å². The first-order valence-electron chi connectivity index (χ1n) is 4.97. The van der Waals surface area contributed by atoms with Crippen molar-refractivity contribution >= 4 is 0 Å². The van der Waals surface area contributed by atoms with Gasteiger partial charge in [0.25, 0.3) is 0 Å². The van der Waals surface area contributed by atoms with E-state index in [0.717, 1.165) is 24.8 Å². The second kappa shape index (κ2) is 3.50. The van der Waals surface area contributed by atoms with E-state index in [1.165, 1.54) is 6.42 Å². The molecule has 1 aromatic heterocycles. The van der Waals surface area contributed by atoms with Crippen molar-refractivity contribution in [3.05, 3.63) is 18.2 Å². The Morgan fingerprint density at radius 2 is 2.38 bits per heavy atom. The number of nitrogens with zero attached hydrogens (tertiary/aromatic N) is 2. The first kappa shape index (κ1) is 8.75. The minimum atomic E-state index is 0.603. The van der Waals surface area contributed by atoms with E-state index in [-0.39, 0.29) is 0 Å². The third-order valence-corrected chi connectivity index (χ3v) is 2.80.